The Morgan fingerprint density at radius 3 is 2.87 bits per heavy atom. The van der Waals surface area contributed by atoms with Crippen LogP contribution in [-0.4, -0.2) is 57.9 Å². The quantitative estimate of drug-likeness (QED) is 0.665. The van der Waals surface area contributed by atoms with Gasteiger partial charge in [-0.05, 0) is 61.1 Å². The summed E-state index contributed by atoms with van der Waals surface area (Å²) in [5, 5.41) is 1.33. The Morgan fingerprint density at radius 2 is 2.10 bits per heavy atom. The van der Waals surface area contributed by atoms with Crippen LogP contribution < -0.4 is 0 Å². The van der Waals surface area contributed by atoms with E-state index in [0.717, 1.165) is 39.0 Å². The van der Waals surface area contributed by atoms with E-state index in [9.17, 15) is 4.79 Å². The van der Waals surface area contributed by atoms with Crippen molar-refractivity contribution >= 4 is 22.4 Å². The van der Waals surface area contributed by atoms with Gasteiger partial charge in [0.1, 0.15) is 0 Å². The molecule has 1 aliphatic carbocycles. The van der Waals surface area contributed by atoms with Gasteiger partial charge in [-0.25, -0.2) is 0 Å². The van der Waals surface area contributed by atoms with Crippen molar-refractivity contribution in [3.8, 4) is 0 Å². The number of aromatic nitrogens is 2. The Morgan fingerprint density at radius 1 is 1.23 bits per heavy atom. The summed E-state index contributed by atoms with van der Waals surface area (Å²) in [6, 6.07) is 10.9. The SMILES string of the molecule is CCN(CC)C(=O)[C@@H]1C=C2c3cccc4[nH]cc(c34)C[C@H]2N(CCc2cccnc2)C1. The number of hydrogen-bond donors (Lipinski definition) is 1. The molecule has 3 aromatic rings. The van der Waals surface area contributed by atoms with Crippen LogP contribution in [0.25, 0.3) is 16.5 Å². The van der Waals surface area contributed by atoms with Gasteiger partial charge in [-0.15, -0.1) is 0 Å². The van der Waals surface area contributed by atoms with Crippen LogP contribution in [0.3, 0.4) is 0 Å². The number of amides is 1. The van der Waals surface area contributed by atoms with Crippen molar-refractivity contribution in [2.45, 2.75) is 32.7 Å². The smallest absolute Gasteiger partial charge is 0.230 e. The fraction of sp³-hybridized carbons (Fsp3) is 0.385. The van der Waals surface area contributed by atoms with Gasteiger partial charge < -0.3 is 9.88 Å². The summed E-state index contributed by atoms with van der Waals surface area (Å²) in [6.45, 7) is 7.34. The molecule has 2 aromatic heterocycles. The highest BCUT2D eigenvalue weighted by molar-refractivity contribution is 5.99. The largest absolute Gasteiger partial charge is 0.361 e. The summed E-state index contributed by atoms with van der Waals surface area (Å²) >= 11 is 0. The number of benzene rings is 1. The molecular weight excluding hydrogens is 384 g/mol. The van der Waals surface area contributed by atoms with Crippen molar-refractivity contribution in [2.75, 3.05) is 26.2 Å². The van der Waals surface area contributed by atoms with Gasteiger partial charge in [-0.3, -0.25) is 14.7 Å². The molecule has 1 aromatic carbocycles. The normalized spacial score (nSPS) is 20.4. The molecule has 2 atom stereocenters. The third-order valence-electron chi connectivity index (χ3n) is 6.93. The fourth-order valence-electron chi connectivity index (χ4n) is 5.32. The summed E-state index contributed by atoms with van der Waals surface area (Å²) in [6.07, 6.45) is 10.1. The Labute approximate surface area is 183 Å². The molecule has 0 saturated heterocycles. The maximum absolute atomic E-state index is 13.3. The maximum Gasteiger partial charge on any atom is 0.230 e. The van der Waals surface area contributed by atoms with E-state index in [4.69, 9.17) is 0 Å². The molecule has 5 rings (SSSR count). The average Bonchev–Trinajstić information content (AvgIpc) is 3.23. The zero-order valence-electron chi connectivity index (χ0n) is 18.3. The highest BCUT2D eigenvalue weighted by Gasteiger charge is 2.37. The summed E-state index contributed by atoms with van der Waals surface area (Å²) < 4.78 is 0. The standard InChI is InChI=1S/C26H30N4O/c1-3-29(4-2)26(31)20-13-22-21-8-5-9-23-25(21)19(16-28-23)14-24(22)30(17-20)12-10-18-7-6-11-27-15-18/h5-9,11,13,15-16,20,24,28H,3-4,10,12,14,17H2,1-2H3/t20-,24-/m1/s1. The molecule has 1 aliphatic heterocycles. The Kier molecular flexibility index (Phi) is 5.36. The van der Waals surface area contributed by atoms with Crippen LogP contribution in [-0.2, 0) is 17.6 Å². The van der Waals surface area contributed by atoms with Gasteiger partial charge >= 0.3 is 0 Å². The summed E-state index contributed by atoms with van der Waals surface area (Å²) in [4.78, 5) is 25.5. The molecule has 1 amide bonds. The lowest BCUT2D eigenvalue weighted by Gasteiger charge is -2.42. The van der Waals surface area contributed by atoms with E-state index in [2.05, 4.69) is 65.3 Å². The second-order valence-electron chi connectivity index (χ2n) is 8.61. The first-order chi connectivity index (χ1) is 15.2. The predicted molar refractivity (Wildman–Crippen MR) is 125 cm³/mol. The molecule has 160 valence electrons. The summed E-state index contributed by atoms with van der Waals surface area (Å²) in [7, 11) is 0. The molecule has 31 heavy (non-hydrogen) atoms. The minimum atomic E-state index is -0.101. The van der Waals surface area contributed by atoms with Crippen LogP contribution in [0.15, 0.2) is 55.0 Å². The van der Waals surface area contributed by atoms with Gasteiger partial charge in [0.25, 0.3) is 0 Å². The minimum absolute atomic E-state index is 0.101. The van der Waals surface area contributed by atoms with E-state index >= 15 is 0 Å². The van der Waals surface area contributed by atoms with Crippen LogP contribution in [0, 0.1) is 5.92 Å². The molecule has 5 nitrogen and oxygen atoms in total. The van der Waals surface area contributed by atoms with Crippen molar-refractivity contribution in [3.63, 3.8) is 0 Å². The second kappa shape index (κ2) is 8.31. The second-order valence-corrected chi connectivity index (χ2v) is 8.61. The van der Waals surface area contributed by atoms with E-state index in [1.165, 1.54) is 33.2 Å². The molecule has 3 heterocycles. The van der Waals surface area contributed by atoms with E-state index < -0.39 is 0 Å². The number of rotatable bonds is 6. The molecule has 0 spiro atoms. The lowest BCUT2D eigenvalue weighted by Crippen LogP contribution is -2.49. The summed E-state index contributed by atoms with van der Waals surface area (Å²) in [5.41, 5.74) is 6.41. The number of nitrogens with zero attached hydrogens (tertiary/aromatic N) is 3. The van der Waals surface area contributed by atoms with E-state index in [1.807, 2.05) is 23.4 Å². The van der Waals surface area contributed by atoms with Gasteiger partial charge in [0.15, 0.2) is 0 Å². The van der Waals surface area contributed by atoms with Crippen LogP contribution in [0.4, 0.5) is 0 Å². The van der Waals surface area contributed by atoms with Crippen LogP contribution >= 0.6 is 0 Å². The van der Waals surface area contributed by atoms with E-state index in [1.54, 1.807) is 0 Å². The first-order valence-electron chi connectivity index (χ1n) is 11.4. The monoisotopic (exact) mass is 414 g/mol. The number of fused-ring (bicyclic) bond motifs is 2. The van der Waals surface area contributed by atoms with Gasteiger partial charge in [0.2, 0.25) is 5.91 Å². The van der Waals surface area contributed by atoms with E-state index in [-0.39, 0.29) is 11.8 Å². The molecule has 1 N–H and O–H groups in total. The van der Waals surface area contributed by atoms with Crippen LogP contribution in [0.2, 0.25) is 0 Å². The number of H-pyrrole nitrogens is 1. The number of nitrogens with one attached hydrogen (secondary N) is 1. The molecule has 0 fully saturated rings. The Balaban J connectivity index is 1.52. The van der Waals surface area contributed by atoms with Gasteiger partial charge in [0.05, 0.1) is 5.92 Å². The molecular formula is C26H30N4O. The number of pyridine rings is 1. The average molecular weight is 415 g/mol. The van der Waals surface area contributed by atoms with Gasteiger partial charge in [0, 0.05) is 61.7 Å². The van der Waals surface area contributed by atoms with E-state index in [0.29, 0.717) is 6.04 Å². The highest BCUT2D eigenvalue weighted by Crippen LogP contribution is 2.41. The number of aromatic amines is 1. The summed E-state index contributed by atoms with van der Waals surface area (Å²) in [5.74, 6) is 0.144. The number of carbonyl (C=O) groups excluding carboxylic acids is 1. The highest BCUT2D eigenvalue weighted by atomic mass is 16.2. The first kappa shape index (κ1) is 20.0. The van der Waals surface area contributed by atoms with Crippen molar-refractivity contribution in [1.29, 1.82) is 0 Å². The third kappa shape index (κ3) is 3.57. The van der Waals surface area contributed by atoms with Crippen molar-refractivity contribution in [3.05, 3.63) is 71.7 Å². The predicted octanol–water partition coefficient (Wildman–Crippen LogP) is 3.91. The van der Waals surface area contributed by atoms with Gasteiger partial charge in [-0.2, -0.15) is 0 Å². The number of carbonyl (C=O) groups is 1. The molecule has 0 bridgehead atoms. The lowest BCUT2D eigenvalue weighted by atomic mass is 9.79. The fourth-order valence-corrected chi connectivity index (χ4v) is 5.32. The Bertz CT molecular complexity index is 1110. The molecule has 5 heteroatoms. The van der Waals surface area contributed by atoms with Crippen molar-refractivity contribution in [1.82, 2.24) is 19.8 Å². The Hall–Kier alpha value is -2.92. The maximum atomic E-state index is 13.3. The van der Waals surface area contributed by atoms with Crippen LogP contribution in [0.5, 0.6) is 0 Å². The molecule has 0 unspecified atom stereocenters. The van der Waals surface area contributed by atoms with Crippen molar-refractivity contribution in [2.24, 2.45) is 5.92 Å². The van der Waals surface area contributed by atoms with Crippen LogP contribution in [0.1, 0.15) is 30.5 Å². The molecule has 2 aliphatic rings. The molecule has 0 radical (unpaired) electrons. The topological polar surface area (TPSA) is 52.2 Å². The molecule has 0 saturated carbocycles. The zero-order chi connectivity index (χ0) is 21.4. The lowest BCUT2D eigenvalue weighted by molar-refractivity contribution is -0.134. The number of hydrogen-bond acceptors (Lipinski definition) is 3. The zero-order valence-corrected chi connectivity index (χ0v) is 18.3. The van der Waals surface area contributed by atoms with Gasteiger partial charge in [-0.1, -0.05) is 24.3 Å². The third-order valence-corrected chi connectivity index (χ3v) is 6.93. The minimum Gasteiger partial charge on any atom is -0.361 e. The first-order valence-corrected chi connectivity index (χ1v) is 11.4. The van der Waals surface area contributed by atoms with Crippen molar-refractivity contribution < 1.29 is 4.79 Å².